The summed E-state index contributed by atoms with van der Waals surface area (Å²) in [6.45, 7) is 3.06. The van der Waals surface area contributed by atoms with E-state index in [1.165, 1.54) is 25.2 Å². The maximum absolute atomic E-state index is 11.5. The predicted molar refractivity (Wildman–Crippen MR) is 59.0 cm³/mol. The maximum atomic E-state index is 11.5. The van der Waals surface area contributed by atoms with Crippen molar-refractivity contribution < 1.29 is 14.7 Å². The topological polar surface area (TPSA) is 66.4 Å². The Morgan fingerprint density at radius 3 is 2.67 bits per heavy atom. The average molecular weight is 227 g/mol. The summed E-state index contributed by atoms with van der Waals surface area (Å²) in [4.78, 5) is 22.2. The van der Waals surface area contributed by atoms with Crippen LogP contribution in [0.5, 0.6) is 0 Å². The smallest absolute Gasteiger partial charge is 0.309 e. The fourth-order valence-corrected chi connectivity index (χ4v) is 1.61. The summed E-state index contributed by atoms with van der Waals surface area (Å²) in [5.74, 6) is -1.25. The van der Waals surface area contributed by atoms with Crippen LogP contribution in [0.1, 0.15) is 20.3 Å². The minimum absolute atomic E-state index is 0.0296. The third-order valence-electron chi connectivity index (χ3n) is 1.99. The SMILES string of the molecule is CC(C)(CC(=O)Nc1ccsc1)C(=O)O. The van der Waals surface area contributed by atoms with Gasteiger partial charge in [-0.3, -0.25) is 9.59 Å². The monoisotopic (exact) mass is 227 g/mol. The van der Waals surface area contributed by atoms with Crippen LogP contribution in [0.3, 0.4) is 0 Å². The fourth-order valence-electron chi connectivity index (χ4n) is 1.02. The van der Waals surface area contributed by atoms with Gasteiger partial charge < -0.3 is 10.4 Å². The molecule has 0 saturated carbocycles. The minimum Gasteiger partial charge on any atom is -0.481 e. The average Bonchev–Trinajstić information content (AvgIpc) is 2.54. The molecule has 1 heterocycles. The lowest BCUT2D eigenvalue weighted by molar-refractivity contribution is -0.148. The van der Waals surface area contributed by atoms with E-state index < -0.39 is 11.4 Å². The number of carboxylic acid groups (broad SMARTS) is 1. The molecule has 0 aromatic carbocycles. The molecule has 0 saturated heterocycles. The second-order valence-corrected chi connectivity index (χ2v) is 4.71. The molecule has 15 heavy (non-hydrogen) atoms. The van der Waals surface area contributed by atoms with E-state index in [4.69, 9.17) is 5.11 Å². The van der Waals surface area contributed by atoms with Crippen molar-refractivity contribution in [3.05, 3.63) is 16.8 Å². The second-order valence-electron chi connectivity index (χ2n) is 3.93. The van der Waals surface area contributed by atoms with Crippen LogP contribution in [0, 0.1) is 5.41 Å². The number of anilines is 1. The largest absolute Gasteiger partial charge is 0.481 e. The van der Waals surface area contributed by atoms with Crippen LogP contribution in [0.2, 0.25) is 0 Å². The summed E-state index contributed by atoms with van der Waals surface area (Å²) in [5.41, 5.74) is -0.314. The highest BCUT2D eigenvalue weighted by atomic mass is 32.1. The molecule has 2 N–H and O–H groups in total. The Kier molecular flexibility index (Phi) is 3.47. The lowest BCUT2D eigenvalue weighted by Gasteiger charge is -2.17. The molecule has 1 aromatic rings. The minimum atomic E-state index is -1.03. The van der Waals surface area contributed by atoms with Crippen molar-refractivity contribution in [2.45, 2.75) is 20.3 Å². The van der Waals surface area contributed by atoms with Gasteiger partial charge in [0.1, 0.15) is 0 Å². The lowest BCUT2D eigenvalue weighted by Crippen LogP contribution is -2.29. The molecule has 5 heteroatoms. The van der Waals surface area contributed by atoms with E-state index in [0.717, 1.165) is 0 Å². The summed E-state index contributed by atoms with van der Waals surface area (Å²) in [6, 6.07) is 1.77. The first-order chi connectivity index (χ1) is 6.92. The molecule has 1 aromatic heterocycles. The number of thiophene rings is 1. The molecule has 1 amide bonds. The van der Waals surface area contributed by atoms with Gasteiger partial charge in [0, 0.05) is 11.8 Å². The van der Waals surface area contributed by atoms with Crippen LogP contribution in [-0.2, 0) is 9.59 Å². The van der Waals surface area contributed by atoms with Crippen molar-refractivity contribution in [2.24, 2.45) is 5.41 Å². The zero-order valence-electron chi connectivity index (χ0n) is 8.61. The molecular formula is C10H13NO3S. The first kappa shape index (κ1) is 11.7. The molecule has 0 aliphatic carbocycles. The molecule has 0 atom stereocenters. The highest BCUT2D eigenvalue weighted by molar-refractivity contribution is 7.08. The Morgan fingerprint density at radius 1 is 1.53 bits per heavy atom. The molecule has 0 fully saturated rings. The predicted octanol–water partition coefficient (Wildman–Crippen LogP) is 2.19. The van der Waals surface area contributed by atoms with Crippen LogP contribution in [0.25, 0.3) is 0 Å². The van der Waals surface area contributed by atoms with Gasteiger partial charge >= 0.3 is 5.97 Å². The summed E-state index contributed by atoms with van der Waals surface area (Å²) in [6.07, 6.45) is -0.0296. The van der Waals surface area contributed by atoms with E-state index >= 15 is 0 Å². The zero-order valence-corrected chi connectivity index (χ0v) is 9.43. The summed E-state index contributed by atoms with van der Waals surface area (Å²) < 4.78 is 0. The van der Waals surface area contributed by atoms with E-state index in [1.807, 2.05) is 5.38 Å². The van der Waals surface area contributed by atoms with Crippen molar-refractivity contribution in [2.75, 3.05) is 5.32 Å². The number of rotatable bonds is 4. The van der Waals surface area contributed by atoms with Crippen molar-refractivity contribution >= 4 is 28.9 Å². The Hall–Kier alpha value is -1.36. The van der Waals surface area contributed by atoms with Gasteiger partial charge in [0.05, 0.1) is 11.1 Å². The number of aliphatic carboxylic acids is 1. The fraction of sp³-hybridized carbons (Fsp3) is 0.400. The maximum Gasteiger partial charge on any atom is 0.309 e. The Balaban J connectivity index is 2.53. The van der Waals surface area contributed by atoms with Gasteiger partial charge in [-0.2, -0.15) is 11.3 Å². The number of hydrogen-bond donors (Lipinski definition) is 2. The normalized spacial score (nSPS) is 11.1. The van der Waals surface area contributed by atoms with Crippen LogP contribution in [0.4, 0.5) is 5.69 Å². The van der Waals surface area contributed by atoms with Crippen LogP contribution in [0.15, 0.2) is 16.8 Å². The second kappa shape index (κ2) is 4.44. The van der Waals surface area contributed by atoms with Crippen LogP contribution >= 0.6 is 11.3 Å². The van der Waals surface area contributed by atoms with Gasteiger partial charge in [0.2, 0.25) is 5.91 Å². The molecule has 0 aliphatic heterocycles. The van der Waals surface area contributed by atoms with E-state index in [9.17, 15) is 9.59 Å². The zero-order chi connectivity index (χ0) is 11.5. The Morgan fingerprint density at radius 2 is 2.20 bits per heavy atom. The third kappa shape index (κ3) is 3.36. The number of amides is 1. The van der Waals surface area contributed by atoms with E-state index in [1.54, 1.807) is 11.4 Å². The highest BCUT2D eigenvalue weighted by Crippen LogP contribution is 2.21. The molecule has 0 radical (unpaired) electrons. The Bertz CT molecular complexity index is 357. The number of nitrogens with one attached hydrogen (secondary N) is 1. The molecule has 0 spiro atoms. The number of hydrogen-bond acceptors (Lipinski definition) is 3. The van der Waals surface area contributed by atoms with Crippen molar-refractivity contribution in [1.29, 1.82) is 0 Å². The number of carboxylic acids is 1. The number of carbonyl (C=O) groups excluding carboxylic acids is 1. The molecule has 4 nitrogen and oxygen atoms in total. The van der Waals surface area contributed by atoms with Crippen molar-refractivity contribution in [3.8, 4) is 0 Å². The quantitative estimate of drug-likeness (QED) is 0.828. The highest BCUT2D eigenvalue weighted by Gasteiger charge is 2.30. The van der Waals surface area contributed by atoms with E-state index in [-0.39, 0.29) is 12.3 Å². The third-order valence-corrected chi connectivity index (χ3v) is 2.67. The molecule has 82 valence electrons. The molecule has 0 aliphatic rings. The molecule has 1 rings (SSSR count). The van der Waals surface area contributed by atoms with Crippen LogP contribution < -0.4 is 5.32 Å². The van der Waals surface area contributed by atoms with Crippen LogP contribution in [-0.4, -0.2) is 17.0 Å². The number of carbonyl (C=O) groups is 2. The first-order valence-electron chi connectivity index (χ1n) is 4.47. The van der Waals surface area contributed by atoms with Gasteiger partial charge in [-0.1, -0.05) is 0 Å². The van der Waals surface area contributed by atoms with Gasteiger partial charge in [-0.15, -0.1) is 0 Å². The first-order valence-corrected chi connectivity index (χ1v) is 5.41. The van der Waals surface area contributed by atoms with Gasteiger partial charge in [0.15, 0.2) is 0 Å². The van der Waals surface area contributed by atoms with Gasteiger partial charge in [0.25, 0.3) is 0 Å². The lowest BCUT2D eigenvalue weighted by atomic mass is 9.89. The van der Waals surface area contributed by atoms with Gasteiger partial charge in [-0.05, 0) is 25.3 Å². The van der Waals surface area contributed by atoms with E-state index in [2.05, 4.69) is 5.32 Å². The summed E-state index contributed by atoms with van der Waals surface area (Å²) in [7, 11) is 0. The van der Waals surface area contributed by atoms with Gasteiger partial charge in [-0.25, -0.2) is 0 Å². The van der Waals surface area contributed by atoms with Crippen molar-refractivity contribution in [3.63, 3.8) is 0 Å². The molecule has 0 unspecified atom stereocenters. The van der Waals surface area contributed by atoms with Crippen molar-refractivity contribution in [1.82, 2.24) is 0 Å². The molecular weight excluding hydrogens is 214 g/mol. The summed E-state index contributed by atoms with van der Waals surface area (Å²) >= 11 is 1.47. The van der Waals surface area contributed by atoms with E-state index in [0.29, 0.717) is 5.69 Å². The molecule has 0 bridgehead atoms. The standard InChI is InChI=1S/C10H13NO3S/c1-10(2,9(13)14)5-8(12)11-7-3-4-15-6-7/h3-4,6H,5H2,1-2H3,(H,11,12)(H,13,14). The Labute approximate surface area is 91.9 Å². The summed E-state index contributed by atoms with van der Waals surface area (Å²) in [5, 5.41) is 15.1.